The zero-order valence-corrected chi connectivity index (χ0v) is 20.1. The van der Waals surface area contributed by atoms with Gasteiger partial charge in [-0.15, -0.1) is 0 Å². The van der Waals surface area contributed by atoms with Gasteiger partial charge in [0.2, 0.25) is 5.89 Å². The number of aromatic nitrogens is 1. The molecule has 0 atom stereocenters. The first kappa shape index (κ1) is 24.8. The number of amides is 1. The first-order valence-electron chi connectivity index (χ1n) is 10.8. The molecule has 0 bridgehead atoms. The Balaban J connectivity index is 1.61. The number of hydrogen-bond acceptors (Lipinski definition) is 7. The zero-order valence-electron chi connectivity index (χ0n) is 19.3. The number of sulfone groups is 1. The highest BCUT2D eigenvalue weighted by Gasteiger charge is 2.33. The molecular formula is C23H30N2O7S. The van der Waals surface area contributed by atoms with Crippen molar-refractivity contribution in [1.82, 2.24) is 10.3 Å². The zero-order chi connectivity index (χ0) is 24.4. The average molecular weight is 479 g/mol. The Labute approximate surface area is 193 Å². The smallest absolute Gasteiger partial charge is 0.407 e. The molecule has 0 aliphatic heterocycles. The molecule has 1 aromatic heterocycles. The molecule has 180 valence electrons. The molecular weight excluding hydrogens is 448 g/mol. The normalized spacial score (nSPS) is 19.2. The van der Waals surface area contributed by atoms with Crippen molar-refractivity contribution in [2.75, 3.05) is 0 Å². The van der Waals surface area contributed by atoms with Crippen LogP contribution in [0.4, 0.5) is 4.79 Å². The number of carbonyl (C=O) groups excluding carboxylic acids is 1. The van der Waals surface area contributed by atoms with E-state index in [2.05, 4.69) is 10.3 Å². The number of aryl methyl sites for hydroxylation is 1. The number of aromatic carboxylic acids is 1. The van der Waals surface area contributed by atoms with Gasteiger partial charge in [0.1, 0.15) is 11.4 Å². The first-order valence-corrected chi connectivity index (χ1v) is 12.6. The van der Waals surface area contributed by atoms with Crippen molar-refractivity contribution in [3.8, 4) is 11.5 Å². The van der Waals surface area contributed by atoms with Gasteiger partial charge in [0, 0.05) is 11.6 Å². The molecule has 1 aliphatic carbocycles. The van der Waals surface area contributed by atoms with Gasteiger partial charge in [-0.25, -0.2) is 23.0 Å². The molecule has 9 nitrogen and oxygen atoms in total. The number of benzene rings is 1. The summed E-state index contributed by atoms with van der Waals surface area (Å²) in [6.45, 7) is 7.03. The maximum absolute atomic E-state index is 13.0. The van der Waals surface area contributed by atoms with E-state index < -0.39 is 32.8 Å². The lowest BCUT2D eigenvalue weighted by Gasteiger charge is -2.29. The highest BCUT2D eigenvalue weighted by molar-refractivity contribution is 7.91. The number of rotatable bonds is 6. The Morgan fingerprint density at radius 1 is 1.15 bits per heavy atom. The number of carboxylic acids is 1. The molecule has 0 saturated heterocycles. The van der Waals surface area contributed by atoms with E-state index in [1.807, 2.05) is 0 Å². The Morgan fingerprint density at radius 3 is 2.30 bits per heavy atom. The lowest BCUT2D eigenvalue weighted by Crippen LogP contribution is -2.42. The second-order valence-electron chi connectivity index (χ2n) is 9.33. The van der Waals surface area contributed by atoms with E-state index in [9.17, 15) is 18.0 Å². The highest BCUT2D eigenvalue weighted by Crippen LogP contribution is 2.29. The van der Waals surface area contributed by atoms with Crippen LogP contribution in [0.15, 0.2) is 28.7 Å². The van der Waals surface area contributed by atoms with Gasteiger partial charge in [0.15, 0.2) is 9.84 Å². The highest BCUT2D eigenvalue weighted by atomic mass is 32.2. The molecule has 10 heteroatoms. The Hall–Kier alpha value is -2.88. The van der Waals surface area contributed by atoms with Gasteiger partial charge in [0.25, 0.3) is 0 Å². The van der Waals surface area contributed by atoms with Crippen molar-refractivity contribution >= 4 is 21.9 Å². The third kappa shape index (κ3) is 6.56. The Kier molecular flexibility index (Phi) is 7.16. The summed E-state index contributed by atoms with van der Waals surface area (Å²) in [5, 5.41) is 11.3. The SMILES string of the molecule is Cc1oc(-c2ccc(C(=O)O)cc2)nc1CS(=O)(=O)C1CCC(NC(=O)OC(C)(C)C)CC1. The summed E-state index contributed by atoms with van der Waals surface area (Å²) in [6.07, 6.45) is 1.52. The summed E-state index contributed by atoms with van der Waals surface area (Å²) in [6, 6.07) is 5.92. The number of nitrogens with zero attached hydrogens (tertiary/aromatic N) is 1. The summed E-state index contributed by atoms with van der Waals surface area (Å²) < 4.78 is 37.0. The molecule has 1 fully saturated rings. The van der Waals surface area contributed by atoms with Gasteiger partial charge in [0.05, 0.1) is 22.3 Å². The summed E-state index contributed by atoms with van der Waals surface area (Å²) in [5.74, 6) is -0.603. The predicted molar refractivity (Wildman–Crippen MR) is 122 cm³/mol. The van der Waals surface area contributed by atoms with Crippen LogP contribution in [0.1, 0.15) is 68.3 Å². The minimum Gasteiger partial charge on any atom is -0.478 e. The maximum Gasteiger partial charge on any atom is 0.407 e. The lowest BCUT2D eigenvalue weighted by atomic mass is 9.95. The van der Waals surface area contributed by atoms with Gasteiger partial charge in [-0.1, -0.05) is 0 Å². The van der Waals surface area contributed by atoms with Crippen molar-refractivity contribution in [3.63, 3.8) is 0 Å². The second kappa shape index (κ2) is 9.54. The molecule has 33 heavy (non-hydrogen) atoms. The largest absolute Gasteiger partial charge is 0.478 e. The molecule has 2 aromatic rings. The number of nitrogens with one attached hydrogen (secondary N) is 1. The van der Waals surface area contributed by atoms with Crippen molar-refractivity contribution in [2.45, 2.75) is 76.0 Å². The van der Waals surface area contributed by atoms with Crippen molar-refractivity contribution in [3.05, 3.63) is 41.3 Å². The van der Waals surface area contributed by atoms with Crippen LogP contribution in [0.5, 0.6) is 0 Å². The van der Waals surface area contributed by atoms with Gasteiger partial charge in [-0.05, 0) is 77.6 Å². The minimum atomic E-state index is -3.47. The van der Waals surface area contributed by atoms with Crippen LogP contribution >= 0.6 is 0 Å². The van der Waals surface area contributed by atoms with Gasteiger partial charge in [-0.3, -0.25) is 0 Å². The molecule has 0 unspecified atom stereocenters. The molecule has 0 spiro atoms. The maximum atomic E-state index is 13.0. The van der Waals surface area contributed by atoms with E-state index in [1.54, 1.807) is 39.8 Å². The fraction of sp³-hybridized carbons (Fsp3) is 0.522. The van der Waals surface area contributed by atoms with Gasteiger partial charge < -0.3 is 19.6 Å². The predicted octanol–water partition coefficient (Wildman–Crippen LogP) is 4.10. The molecule has 2 N–H and O–H groups in total. The molecule has 1 aliphatic rings. The minimum absolute atomic E-state index is 0.111. The van der Waals surface area contributed by atoms with Crippen LogP contribution in [-0.4, -0.2) is 47.5 Å². The second-order valence-corrected chi connectivity index (χ2v) is 11.6. The Morgan fingerprint density at radius 2 is 1.76 bits per heavy atom. The van der Waals surface area contributed by atoms with Crippen molar-refractivity contribution in [1.29, 1.82) is 0 Å². The van der Waals surface area contributed by atoms with Gasteiger partial charge >= 0.3 is 12.1 Å². The quantitative estimate of drug-likeness (QED) is 0.633. The van der Waals surface area contributed by atoms with E-state index in [1.165, 1.54) is 12.1 Å². The van der Waals surface area contributed by atoms with E-state index >= 15 is 0 Å². The van der Waals surface area contributed by atoms with Crippen LogP contribution in [-0.2, 0) is 20.3 Å². The Bertz CT molecular complexity index is 1110. The lowest BCUT2D eigenvalue weighted by molar-refractivity contribution is 0.0493. The van der Waals surface area contributed by atoms with E-state index in [0.29, 0.717) is 42.7 Å². The fourth-order valence-corrected chi connectivity index (χ4v) is 5.66. The summed E-state index contributed by atoms with van der Waals surface area (Å²) in [5.41, 5.74) is 0.473. The molecule has 1 saturated carbocycles. The summed E-state index contributed by atoms with van der Waals surface area (Å²) in [4.78, 5) is 27.3. The van der Waals surface area contributed by atoms with Crippen LogP contribution < -0.4 is 5.32 Å². The molecule has 0 radical (unpaired) electrons. The van der Waals surface area contributed by atoms with Gasteiger partial charge in [-0.2, -0.15) is 0 Å². The topological polar surface area (TPSA) is 136 Å². The monoisotopic (exact) mass is 478 g/mol. The molecule has 1 heterocycles. The van der Waals surface area contributed by atoms with Crippen molar-refractivity contribution in [2.24, 2.45) is 0 Å². The van der Waals surface area contributed by atoms with E-state index in [0.717, 1.165) is 0 Å². The number of carboxylic acid groups (broad SMARTS) is 1. The summed E-state index contributed by atoms with van der Waals surface area (Å²) in [7, 11) is -3.47. The molecule has 3 rings (SSSR count). The number of hydrogen-bond donors (Lipinski definition) is 2. The number of ether oxygens (including phenoxy) is 1. The van der Waals surface area contributed by atoms with Crippen LogP contribution in [0.3, 0.4) is 0 Å². The standard InChI is InChI=1S/C23H30N2O7S/c1-14-19(25-20(31-14)15-5-7-16(8-6-15)21(26)27)13-33(29,30)18-11-9-17(10-12-18)24-22(28)32-23(2,3)4/h5-8,17-18H,9-13H2,1-4H3,(H,24,28)(H,26,27). The number of carbonyl (C=O) groups is 2. The first-order chi connectivity index (χ1) is 15.3. The van der Waals surface area contributed by atoms with Crippen LogP contribution in [0.2, 0.25) is 0 Å². The number of oxazole rings is 1. The molecule has 1 amide bonds. The van der Waals surface area contributed by atoms with Crippen LogP contribution in [0, 0.1) is 6.92 Å². The average Bonchev–Trinajstić information content (AvgIpc) is 3.06. The third-order valence-electron chi connectivity index (χ3n) is 5.51. The van der Waals surface area contributed by atoms with E-state index in [4.69, 9.17) is 14.3 Å². The van der Waals surface area contributed by atoms with Crippen LogP contribution in [0.25, 0.3) is 11.5 Å². The third-order valence-corrected chi connectivity index (χ3v) is 7.68. The number of alkyl carbamates (subject to hydrolysis) is 1. The fourth-order valence-electron chi connectivity index (χ4n) is 3.79. The van der Waals surface area contributed by atoms with E-state index in [-0.39, 0.29) is 23.2 Å². The summed E-state index contributed by atoms with van der Waals surface area (Å²) >= 11 is 0. The molecule has 1 aromatic carbocycles. The van der Waals surface area contributed by atoms with Crippen molar-refractivity contribution < 1.29 is 32.3 Å².